The highest BCUT2D eigenvalue weighted by Crippen LogP contribution is 2.43. The molecular formula is C43H48FN7O6. The van der Waals surface area contributed by atoms with Crippen LogP contribution in [0.4, 0.5) is 10.1 Å². The van der Waals surface area contributed by atoms with Crippen LogP contribution in [0.25, 0.3) is 33.1 Å². The minimum Gasteiger partial charge on any atom is -0.496 e. The Kier molecular flexibility index (Phi) is 9.91. The number of benzene rings is 3. The molecule has 2 N–H and O–H groups in total. The second-order valence-corrected chi connectivity index (χ2v) is 15.9. The maximum Gasteiger partial charge on any atom is 0.329 e. The predicted molar refractivity (Wildman–Crippen MR) is 215 cm³/mol. The van der Waals surface area contributed by atoms with Crippen LogP contribution in [0.1, 0.15) is 84.9 Å². The van der Waals surface area contributed by atoms with Crippen molar-refractivity contribution in [2.75, 3.05) is 52.3 Å². The topological polar surface area (TPSA) is 142 Å². The molecular weight excluding hydrogens is 730 g/mol. The number of aryl methyl sites for hydroxylation is 1. The lowest BCUT2D eigenvalue weighted by molar-refractivity contribution is -0.135. The van der Waals surface area contributed by atoms with E-state index in [1.165, 1.54) is 9.47 Å². The zero-order chi connectivity index (χ0) is 40.3. The molecule has 5 aromatic rings. The van der Waals surface area contributed by atoms with Gasteiger partial charge in [0, 0.05) is 83.2 Å². The first kappa shape index (κ1) is 38.0. The van der Waals surface area contributed by atoms with Crippen LogP contribution in [0.5, 0.6) is 5.75 Å². The lowest BCUT2D eigenvalue weighted by Gasteiger charge is -2.34. The minimum absolute atomic E-state index is 0.0296. The van der Waals surface area contributed by atoms with Crippen molar-refractivity contribution in [3.05, 3.63) is 81.7 Å². The molecule has 3 aliphatic heterocycles. The molecule has 13 nitrogen and oxygen atoms in total. The summed E-state index contributed by atoms with van der Waals surface area (Å²) < 4.78 is 25.6. The fraction of sp³-hybridized carbons (Fsp3) is 0.419. The van der Waals surface area contributed by atoms with Crippen LogP contribution in [-0.2, 0) is 21.4 Å². The summed E-state index contributed by atoms with van der Waals surface area (Å²) in [6, 6.07) is 15.0. The molecule has 8 rings (SSSR count). The Morgan fingerprint density at radius 3 is 2.37 bits per heavy atom. The van der Waals surface area contributed by atoms with Crippen LogP contribution in [-0.4, -0.2) is 94.9 Å². The molecule has 0 aliphatic carbocycles. The summed E-state index contributed by atoms with van der Waals surface area (Å²) in [5, 5.41) is 2.95. The maximum atomic E-state index is 16.5. The highest BCUT2D eigenvalue weighted by Gasteiger charge is 2.33. The average molecular weight is 778 g/mol. The Balaban J connectivity index is 1.07. The molecule has 57 heavy (non-hydrogen) atoms. The Hall–Kier alpha value is -5.92. The van der Waals surface area contributed by atoms with Crippen molar-refractivity contribution in [3.63, 3.8) is 0 Å². The number of anilines is 1. The van der Waals surface area contributed by atoms with Gasteiger partial charge >= 0.3 is 5.69 Å². The Labute approximate surface area is 329 Å². The fourth-order valence-electron chi connectivity index (χ4n) is 9.11. The molecule has 0 saturated carbocycles. The average Bonchev–Trinajstić information content (AvgIpc) is 3.77. The summed E-state index contributed by atoms with van der Waals surface area (Å²) in [5.41, 5.74) is 5.82. The lowest BCUT2D eigenvalue weighted by Crippen LogP contribution is -2.44. The number of nitrogens with zero attached hydrogens (tertiary/aromatic N) is 5. The first-order valence-electron chi connectivity index (χ1n) is 19.6. The van der Waals surface area contributed by atoms with Gasteiger partial charge in [0.2, 0.25) is 17.7 Å². The van der Waals surface area contributed by atoms with Gasteiger partial charge in [-0.15, -0.1) is 0 Å². The van der Waals surface area contributed by atoms with E-state index in [9.17, 15) is 24.0 Å². The SMILES string of the molecule is COc1cc(C2CCN(c3ccc4c(c3)n(C)c(=O)n4C3CCC(=O)NC3=O)CC2)ccc1-c1cc([C@@H]2CCCN(C(C)=O)C2)c(F)c2[nH]c(C(=O)N(C)C)cc12. The molecule has 5 heterocycles. The van der Waals surface area contributed by atoms with Crippen molar-refractivity contribution in [3.8, 4) is 16.9 Å². The van der Waals surface area contributed by atoms with Crippen molar-refractivity contribution >= 4 is 51.3 Å². The van der Waals surface area contributed by atoms with Gasteiger partial charge in [0.05, 0.1) is 23.7 Å². The molecule has 0 radical (unpaired) electrons. The number of hydrogen-bond acceptors (Lipinski definition) is 7. The van der Waals surface area contributed by atoms with Gasteiger partial charge in [-0.05, 0) is 91.1 Å². The van der Waals surface area contributed by atoms with Crippen LogP contribution in [0, 0.1) is 5.82 Å². The molecule has 3 aliphatic rings. The van der Waals surface area contributed by atoms with Gasteiger partial charge in [0.25, 0.3) is 5.91 Å². The lowest BCUT2D eigenvalue weighted by atomic mass is 9.85. The highest BCUT2D eigenvalue weighted by atomic mass is 19.1. The number of aromatic amines is 1. The molecule has 0 bridgehead atoms. The number of hydrogen-bond donors (Lipinski definition) is 2. The molecule has 3 aromatic carbocycles. The molecule has 298 valence electrons. The number of imidazole rings is 1. The number of imide groups is 1. The van der Waals surface area contributed by atoms with Gasteiger partial charge in [-0.25, -0.2) is 9.18 Å². The van der Waals surface area contributed by atoms with Crippen LogP contribution in [0.2, 0.25) is 0 Å². The van der Waals surface area contributed by atoms with E-state index < -0.39 is 17.8 Å². The van der Waals surface area contributed by atoms with Crippen LogP contribution < -0.4 is 20.6 Å². The number of rotatable bonds is 7. The van der Waals surface area contributed by atoms with E-state index in [1.54, 1.807) is 50.7 Å². The summed E-state index contributed by atoms with van der Waals surface area (Å²) >= 11 is 0. The number of H-pyrrole nitrogens is 1. The smallest absolute Gasteiger partial charge is 0.329 e. The number of carbonyl (C=O) groups is 4. The van der Waals surface area contributed by atoms with E-state index in [1.807, 2.05) is 30.3 Å². The number of fused-ring (bicyclic) bond motifs is 2. The van der Waals surface area contributed by atoms with E-state index in [-0.39, 0.29) is 59.3 Å². The number of ether oxygens (including phenoxy) is 1. The first-order chi connectivity index (χ1) is 27.3. The summed E-state index contributed by atoms with van der Waals surface area (Å²) in [6.45, 7) is 4.20. The fourth-order valence-corrected chi connectivity index (χ4v) is 9.11. The van der Waals surface area contributed by atoms with E-state index in [4.69, 9.17) is 4.74 Å². The summed E-state index contributed by atoms with van der Waals surface area (Å²) in [5.74, 6) is -0.770. The second kappa shape index (κ2) is 14.9. The summed E-state index contributed by atoms with van der Waals surface area (Å²) in [4.78, 5) is 71.7. The van der Waals surface area contributed by atoms with Crippen molar-refractivity contribution in [2.45, 2.75) is 63.3 Å². The number of likely N-dealkylation sites (tertiary alicyclic amines) is 1. The molecule has 3 saturated heterocycles. The Morgan fingerprint density at radius 1 is 0.895 bits per heavy atom. The van der Waals surface area contributed by atoms with Gasteiger partial charge < -0.3 is 24.4 Å². The van der Waals surface area contributed by atoms with Crippen molar-refractivity contribution in [1.82, 2.24) is 29.2 Å². The van der Waals surface area contributed by atoms with Crippen LogP contribution in [0.3, 0.4) is 0 Å². The number of halogens is 1. The third kappa shape index (κ3) is 6.74. The zero-order valence-corrected chi connectivity index (χ0v) is 33.0. The van der Waals surface area contributed by atoms with Gasteiger partial charge in [-0.3, -0.25) is 33.6 Å². The van der Waals surface area contributed by atoms with Crippen molar-refractivity contribution in [2.24, 2.45) is 7.05 Å². The first-order valence-corrected chi connectivity index (χ1v) is 19.6. The maximum absolute atomic E-state index is 16.5. The van der Waals surface area contributed by atoms with Crippen LogP contribution in [0.15, 0.2) is 53.3 Å². The minimum atomic E-state index is -0.733. The monoisotopic (exact) mass is 777 g/mol. The van der Waals surface area contributed by atoms with Crippen molar-refractivity contribution in [1.29, 1.82) is 0 Å². The molecule has 1 unspecified atom stereocenters. The number of amides is 4. The molecule has 3 fully saturated rings. The van der Waals surface area contributed by atoms with E-state index in [2.05, 4.69) is 27.3 Å². The standard InChI is InChI=1S/C43H48FN7O6/c1-24(52)50-16-6-7-27(23-50)30-21-31(32-22-33(42(55)47(2)3)45-40(32)39(30)44)29-10-8-26(19-37(29)57-5)25-14-17-49(18-15-25)28-9-11-34-36(20-28)48(4)43(56)51(34)35-12-13-38(53)46-41(35)54/h8-11,19-22,25,27,35,45H,6-7,12-18,23H2,1-5H3,(H,46,53,54)/t27-,35?/m1/s1. The molecule has 0 spiro atoms. The Morgan fingerprint density at radius 2 is 1.67 bits per heavy atom. The van der Waals surface area contributed by atoms with Crippen molar-refractivity contribution < 1.29 is 28.3 Å². The zero-order valence-electron chi connectivity index (χ0n) is 33.0. The number of nitrogens with one attached hydrogen (secondary N) is 2. The van der Waals surface area contributed by atoms with E-state index in [0.29, 0.717) is 35.3 Å². The van der Waals surface area contributed by atoms with Gasteiger partial charge in [0.1, 0.15) is 17.5 Å². The summed E-state index contributed by atoms with van der Waals surface area (Å²) in [6.07, 6.45) is 3.74. The van der Waals surface area contributed by atoms with E-state index in [0.717, 1.165) is 66.7 Å². The third-order valence-electron chi connectivity index (χ3n) is 12.3. The quantitative estimate of drug-likeness (QED) is 0.210. The molecule has 2 atom stereocenters. The molecule has 2 aromatic heterocycles. The number of methoxy groups -OCH3 is 1. The number of carbonyl (C=O) groups excluding carboxylic acids is 4. The molecule has 4 amide bonds. The highest BCUT2D eigenvalue weighted by molar-refractivity contribution is 6.04. The van der Waals surface area contributed by atoms with Gasteiger partial charge in [0.15, 0.2) is 5.82 Å². The van der Waals surface area contributed by atoms with E-state index >= 15 is 4.39 Å². The second-order valence-electron chi connectivity index (χ2n) is 15.9. The van der Waals surface area contributed by atoms with Gasteiger partial charge in [-0.1, -0.05) is 12.1 Å². The third-order valence-corrected chi connectivity index (χ3v) is 12.3. The normalized spacial score (nSPS) is 19.3. The number of piperidine rings is 3. The van der Waals surface area contributed by atoms with Crippen LogP contribution >= 0.6 is 0 Å². The number of aromatic nitrogens is 3. The Bertz CT molecular complexity index is 2510. The van der Waals surface area contributed by atoms with Gasteiger partial charge in [-0.2, -0.15) is 0 Å². The molecule has 14 heteroatoms. The predicted octanol–water partition coefficient (Wildman–Crippen LogP) is 5.43. The summed E-state index contributed by atoms with van der Waals surface area (Å²) in [7, 11) is 6.65. The largest absolute Gasteiger partial charge is 0.496 e.